The molecule has 0 radical (unpaired) electrons. The standard InChI is InChI=1S/C19H29NO3/c1-14-7-8-17(12-16(14)3)23-11-5-6-19(21)20-10-9-15(2)18(13-20)22-4/h7-8,12,15,18H,5-6,9-11,13H2,1-4H3. The van der Waals surface area contributed by atoms with Gasteiger partial charge in [0.25, 0.3) is 0 Å². The number of hydrogen-bond acceptors (Lipinski definition) is 3. The van der Waals surface area contributed by atoms with E-state index in [1.165, 1.54) is 11.1 Å². The minimum absolute atomic E-state index is 0.166. The van der Waals surface area contributed by atoms with E-state index in [-0.39, 0.29) is 12.0 Å². The molecule has 2 atom stereocenters. The number of piperidine rings is 1. The predicted molar refractivity (Wildman–Crippen MR) is 91.8 cm³/mol. The molecule has 1 aromatic carbocycles. The number of methoxy groups -OCH3 is 1. The van der Waals surface area contributed by atoms with E-state index in [1.54, 1.807) is 7.11 Å². The lowest BCUT2D eigenvalue weighted by molar-refractivity contribution is -0.136. The topological polar surface area (TPSA) is 38.8 Å². The fourth-order valence-electron chi connectivity index (χ4n) is 2.94. The molecule has 1 aromatic rings. The number of carbonyl (C=O) groups excluding carboxylic acids is 1. The minimum Gasteiger partial charge on any atom is -0.494 e. The monoisotopic (exact) mass is 319 g/mol. The molecule has 23 heavy (non-hydrogen) atoms. The fraction of sp³-hybridized carbons (Fsp3) is 0.632. The zero-order valence-electron chi connectivity index (χ0n) is 14.8. The van der Waals surface area contributed by atoms with Crippen molar-refractivity contribution in [3.63, 3.8) is 0 Å². The van der Waals surface area contributed by atoms with Gasteiger partial charge in [-0.05, 0) is 55.9 Å². The highest BCUT2D eigenvalue weighted by atomic mass is 16.5. The summed E-state index contributed by atoms with van der Waals surface area (Å²) < 4.78 is 11.2. The Balaban J connectivity index is 1.71. The van der Waals surface area contributed by atoms with Gasteiger partial charge in [-0.2, -0.15) is 0 Å². The van der Waals surface area contributed by atoms with Crippen molar-refractivity contribution >= 4 is 5.91 Å². The van der Waals surface area contributed by atoms with Crippen LogP contribution in [0.4, 0.5) is 0 Å². The van der Waals surface area contributed by atoms with Crippen LogP contribution in [0.15, 0.2) is 18.2 Å². The summed E-state index contributed by atoms with van der Waals surface area (Å²) in [7, 11) is 1.73. The number of nitrogens with zero attached hydrogens (tertiary/aromatic N) is 1. The molecule has 2 unspecified atom stereocenters. The van der Waals surface area contributed by atoms with E-state index in [2.05, 4.69) is 26.8 Å². The summed E-state index contributed by atoms with van der Waals surface area (Å²) in [5.41, 5.74) is 2.49. The van der Waals surface area contributed by atoms with E-state index >= 15 is 0 Å². The molecule has 1 heterocycles. The highest BCUT2D eigenvalue weighted by Gasteiger charge is 2.28. The van der Waals surface area contributed by atoms with Crippen LogP contribution < -0.4 is 4.74 Å². The van der Waals surface area contributed by atoms with Gasteiger partial charge in [0.05, 0.1) is 12.7 Å². The lowest BCUT2D eigenvalue weighted by atomic mass is 9.95. The van der Waals surface area contributed by atoms with Gasteiger partial charge in [-0.25, -0.2) is 0 Å². The lowest BCUT2D eigenvalue weighted by Crippen LogP contribution is -2.46. The van der Waals surface area contributed by atoms with Gasteiger partial charge in [-0.3, -0.25) is 4.79 Å². The number of amides is 1. The summed E-state index contributed by atoms with van der Waals surface area (Å²) in [6.45, 7) is 8.49. The summed E-state index contributed by atoms with van der Waals surface area (Å²) in [4.78, 5) is 14.2. The van der Waals surface area contributed by atoms with Crippen LogP contribution >= 0.6 is 0 Å². The maximum atomic E-state index is 12.3. The molecule has 1 aliphatic heterocycles. The first-order valence-electron chi connectivity index (χ1n) is 8.52. The van der Waals surface area contributed by atoms with E-state index in [0.717, 1.165) is 25.1 Å². The zero-order valence-corrected chi connectivity index (χ0v) is 14.8. The van der Waals surface area contributed by atoms with E-state index in [0.29, 0.717) is 25.5 Å². The average molecular weight is 319 g/mol. The Bertz CT molecular complexity index is 529. The molecule has 0 aliphatic carbocycles. The Labute approximate surface area is 139 Å². The van der Waals surface area contributed by atoms with E-state index in [1.807, 2.05) is 17.0 Å². The van der Waals surface area contributed by atoms with Crippen LogP contribution in [0, 0.1) is 19.8 Å². The second kappa shape index (κ2) is 8.34. The van der Waals surface area contributed by atoms with Gasteiger partial charge >= 0.3 is 0 Å². The molecule has 0 aromatic heterocycles. The summed E-state index contributed by atoms with van der Waals surface area (Å²) in [6.07, 6.45) is 2.47. The second-order valence-corrected chi connectivity index (χ2v) is 6.58. The van der Waals surface area contributed by atoms with Crippen molar-refractivity contribution in [2.75, 3.05) is 26.8 Å². The number of benzene rings is 1. The van der Waals surface area contributed by atoms with Gasteiger partial charge in [-0.1, -0.05) is 13.0 Å². The summed E-state index contributed by atoms with van der Waals surface area (Å²) in [6, 6.07) is 6.10. The smallest absolute Gasteiger partial charge is 0.222 e. The summed E-state index contributed by atoms with van der Waals surface area (Å²) in [5.74, 6) is 1.62. The van der Waals surface area contributed by atoms with E-state index in [9.17, 15) is 4.79 Å². The summed E-state index contributed by atoms with van der Waals surface area (Å²) >= 11 is 0. The first-order chi connectivity index (χ1) is 11.0. The molecule has 2 rings (SSSR count). The Morgan fingerprint density at radius 2 is 2.09 bits per heavy atom. The fourth-order valence-corrected chi connectivity index (χ4v) is 2.94. The van der Waals surface area contributed by atoms with Crippen LogP contribution in [-0.2, 0) is 9.53 Å². The first kappa shape index (κ1) is 17.8. The van der Waals surface area contributed by atoms with Gasteiger partial charge in [0, 0.05) is 26.6 Å². The average Bonchev–Trinajstić information content (AvgIpc) is 2.55. The number of likely N-dealkylation sites (tertiary alicyclic amines) is 1. The van der Waals surface area contributed by atoms with Crippen molar-refractivity contribution in [1.29, 1.82) is 0 Å². The molecule has 0 saturated carbocycles. The number of aryl methyl sites for hydroxylation is 2. The number of ether oxygens (including phenoxy) is 2. The molecular formula is C19H29NO3. The molecule has 4 heteroatoms. The molecule has 1 amide bonds. The van der Waals surface area contributed by atoms with Gasteiger partial charge in [0.2, 0.25) is 5.91 Å². The van der Waals surface area contributed by atoms with Gasteiger partial charge in [0.15, 0.2) is 0 Å². The van der Waals surface area contributed by atoms with Gasteiger partial charge in [-0.15, -0.1) is 0 Å². The normalized spacial score (nSPS) is 21.3. The molecule has 1 fully saturated rings. The minimum atomic E-state index is 0.166. The quantitative estimate of drug-likeness (QED) is 0.755. The van der Waals surface area contributed by atoms with Crippen LogP contribution in [-0.4, -0.2) is 43.7 Å². The SMILES string of the molecule is COC1CN(C(=O)CCCOc2ccc(C)c(C)c2)CCC1C. The van der Waals surface area contributed by atoms with Crippen molar-refractivity contribution in [3.05, 3.63) is 29.3 Å². The number of carbonyl (C=O) groups is 1. The van der Waals surface area contributed by atoms with Crippen molar-refractivity contribution in [2.45, 2.75) is 46.1 Å². The molecule has 4 nitrogen and oxygen atoms in total. The predicted octanol–water partition coefficient (Wildman–Crippen LogP) is 3.35. The van der Waals surface area contributed by atoms with E-state index < -0.39 is 0 Å². The van der Waals surface area contributed by atoms with Crippen molar-refractivity contribution in [2.24, 2.45) is 5.92 Å². The van der Waals surface area contributed by atoms with Crippen LogP contribution in [0.2, 0.25) is 0 Å². The molecule has 1 aliphatic rings. The molecule has 0 bridgehead atoms. The molecule has 0 spiro atoms. The van der Waals surface area contributed by atoms with Crippen molar-refractivity contribution in [3.8, 4) is 5.75 Å². The third-order valence-electron chi connectivity index (χ3n) is 4.83. The Morgan fingerprint density at radius 1 is 1.30 bits per heavy atom. The highest BCUT2D eigenvalue weighted by Crippen LogP contribution is 2.20. The van der Waals surface area contributed by atoms with E-state index in [4.69, 9.17) is 9.47 Å². The highest BCUT2D eigenvalue weighted by molar-refractivity contribution is 5.76. The molecular weight excluding hydrogens is 290 g/mol. The van der Waals surface area contributed by atoms with Gasteiger partial charge in [0.1, 0.15) is 5.75 Å². The van der Waals surface area contributed by atoms with Crippen LogP contribution in [0.3, 0.4) is 0 Å². The number of hydrogen-bond donors (Lipinski definition) is 0. The Morgan fingerprint density at radius 3 is 2.78 bits per heavy atom. The van der Waals surface area contributed by atoms with Crippen LogP contribution in [0.1, 0.15) is 37.3 Å². The lowest BCUT2D eigenvalue weighted by Gasteiger charge is -2.36. The van der Waals surface area contributed by atoms with Crippen molar-refractivity contribution in [1.82, 2.24) is 4.90 Å². The Kier molecular flexibility index (Phi) is 6.46. The third kappa shape index (κ3) is 4.96. The zero-order chi connectivity index (χ0) is 16.8. The molecule has 1 saturated heterocycles. The van der Waals surface area contributed by atoms with Crippen molar-refractivity contribution < 1.29 is 14.3 Å². The molecule has 128 valence electrons. The number of rotatable bonds is 6. The third-order valence-corrected chi connectivity index (χ3v) is 4.83. The first-order valence-corrected chi connectivity index (χ1v) is 8.52. The second-order valence-electron chi connectivity index (χ2n) is 6.58. The summed E-state index contributed by atoms with van der Waals surface area (Å²) in [5, 5.41) is 0. The van der Waals surface area contributed by atoms with Crippen LogP contribution in [0.5, 0.6) is 5.75 Å². The van der Waals surface area contributed by atoms with Gasteiger partial charge < -0.3 is 14.4 Å². The maximum absolute atomic E-state index is 12.3. The Hall–Kier alpha value is -1.55. The maximum Gasteiger partial charge on any atom is 0.222 e. The molecule has 0 N–H and O–H groups in total. The van der Waals surface area contributed by atoms with Crippen LogP contribution in [0.25, 0.3) is 0 Å². The largest absolute Gasteiger partial charge is 0.494 e.